The van der Waals surface area contributed by atoms with Crippen LogP contribution in [0.15, 0.2) is 65.8 Å². The number of unbranched alkanes of at least 4 members (excludes halogenated alkanes) is 2. The van der Waals surface area contributed by atoms with Gasteiger partial charge < -0.3 is 25.3 Å². The summed E-state index contributed by atoms with van der Waals surface area (Å²) in [6.07, 6.45) is -0.255. The molecule has 3 atom stereocenters. The van der Waals surface area contributed by atoms with Gasteiger partial charge >= 0.3 is 6.18 Å². The van der Waals surface area contributed by atoms with Gasteiger partial charge in [0.25, 0.3) is 11.8 Å². The number of amides is 2. The second-order valence-corrected chi connectivity index (χ2v) is 9.62. The number of carbonyl (C=O) groups excluding carboxylic acids is 2. The Bertz CT molecular complexity index is 1130. The Morgan fingerprint density at radius 3 is 2.56 bits per heavy atom. The van der Waals surface area contributed by atoms with Crippen LogP contribution in [0, 0.1) is 0 Å². The highest BCUT2D eigenvalue weighted by Gasteiger charge is 2.41. The number of nitrogens with one attached hydrogen (secondary N) is 1. The van der Waals surface area contributed by atoms with Crippen molar-refractivity contribution in [1.29, 1.82) is 0 Å². The van der Waals surface area contributed by atoms with E-state index in [1.165, 1.54) is 15.9 Å². The molecule has 212 valence electrons. The number of carbonyl (C=O) groups is 2. The minimum Gasteiger partial charge on any atom is -0.380 e. The zero-order chi connectivity index (χ0) is 28.6. The van der Waals surface area contributed by atoms with Gasteiger partial charge in [-0.3, -0.25) is 9.59 Å². The quantitative estimate of drug-likeness (QED) is 0.412. The zero-order valence-corrected chi connectivity index (χ0v) is 21.9. The van der Waals surface area contributed by atoms with E-state index in [0.717, 1.165) is 11.1 Å². The molecular weight excluding hydrogens is 513 g/mol. The van der Waals surface area contributed by atoms with Crippen molar-refractivity contribution in [2.24, 2.45) is 4.99 Å². The van der Waals surface area contributed by atoms with Crippen LogP contribution in [-0.4, -0.2) is 81.7 Å². The first kappa shape index (κ1) is 30.1. The summed E-state index contributed by atoms with van der Waals surface area (Å²) in [5.41, 5.74) is 2.07. The SMILES string of the molecule is C=C1/C=C\C=C/C(C)N(CCCCCNC(=O)[C@H](O)[C@@H](O)C(=O)N2CCc3ccccc3C2)C(C(F)(F)F)=N1. The Morgan fingerprint density at radius 1 is 1.13 bits per heavy atom. The average Bonchev–Trinajstić information content (AvgIpc) is 2.98. The maximum atomic E-state index is 13.7. The molecule has 3 rings (SSSR count). The molecule has 11 heteroatoms. The number of amidine groups is 1. The van der Waals surface area contributed by atoms with Crippen molar-refractivity contribution < 1.29 is 33.0 Å². The highest BCUT2D eigenvalue weighted by molar-refractivity contribution is 5.91. The lowest BCUT2D eigenvalue weighted by Crippen LogP contribution is -2.51. The molecule has 0 saturated heterocycles. The molecule has 1 aromatic carbocycles. The molecule has 1 unspecified atom stereocenters. The van der Waals surface area contributed by atoms with Crippen molar-refractivity contribution in [3.8, 4) is 0 Å². The molecule has 0 fully saturated rings. The first-order valence-corrected chi connectivity index (χ1v) is 12.9. The van der Waals surface area contributed by atoms with Crippen LogP contribution >= 0.6 is 0 Å². The molecule has 0 aromatic heterocycles. The maximum absolute atomic E-state index is 13.7. The van der Waals surface area contributed by atoms with E-state index in [2.05, 4.69) is 16.9 Å². The molecular formula is C28H35F3N4O4. The number of aliphatic hydroxyl groups is 2. The van der Waals surface area contributed by atoms with Crippen molar-refractivity contribution in [2.75, 3.05) is 19.6 Å². The monoisotopic (exact) mass is 548 g/mol. The fourth-order valence-corrected chi connectivity index (χ4v) is 4.51. The average molecular weight is 549 g/mol. The molecule has 0 bridgehead atoms. The predicted molar refractivity (Wildman–Crippen MR) is 142 cm³/mol. The van der Waals surface area contributed by atoms with Crippen molar-refractivity contribution >= 4 is 17.6 Å². The number of hydrogen-bond acceptors (Lipinski definition) is 6. The van der Waals surface area contributed by atoms with Crippen LogP contribution in [0.25, 0.3) is 0 Å². The van der Waals surface area contributed by atoms with Crippen LogP contribution in [0.2, 0.25) is 0 Å². The van der Waals surface area contributed by atoms with Gasteiger partial charge in [0.1, 0.15) is 0 Å². The van der Waals surface area contributed by atoms with Crippen molar-refractivity contribution in [3.63, 3.8) is 0 Å². The molecule has 2 amide bonds. The predicted octanol–water partition coefficient (Wildman–Crippen LogP) is 2.87. The Morgan fingerprint density at radius 2 is 1.85 bits per heavy atom. The minimum atomic E-state index is -4.65. The molecule has 0 spiro atoms. The molecule has 2 aliphatic heterocycles. The van der Waals surface area contributed by atoms with E-state index in [1.807, 2.05) is 24.3 Å². The summed E-state index contributed by atoms with van der Waals surface area (Å²) in [5.74, 6) is -2.62. The molecule has 2 aliphatic rings. The van der Waals surface area contributed by atoms with Crippen molar-refractivity contribution in [1.82, 2.24) is 15.1 Å². The second kappa shape index (κ2) is 13.6. The van der Waals surface area contributed by atoms with E-state index in [9.17, 15) is 33.0 Å². The van der Waals surface area contributed by atoms with Crippen LogP contribution in [0.5, 0.6) is 0 Å². The van der Waals surface area contributed by atoms with Crippen LogP contribution in [0.1, 0.15) is 37.3 Å². The Hall–Kier alpha value is -3.44. The standard InChI is InChI=1S/C28H35F3N4O4/c1-19-10-4-5-11-20(2)35(27(33-19)28(29,30)31)16-9-3-8-15-32-25(38)23(36)24(37)26(39)34-17-14-21-12-6-7-13-22(21)18-34/h4-7,10-13,20,23-24,36-37H,1,3,8-9,14-18H2,2H3,(H,32,38)/b10-4-,11-5-,33-27?/t20?,23-,24-/m1/s1. The third-order valence-corrected chi connectivity index (χ3v) is 6.69. The number of halogens is 3. The van der Waals surface area contributed by atoms with Gasteiger partial charge in [-0.25, -0.2) is 4.99 Å². The lowest BCUT2D eigenvalue weighted by atomic mass is 9.99. The summed E-state index contributed by atoms with van der Waals surface area (Å²) < 4.78 is 41.1. The number of rotatable bonds is 9. The van der Waals surface area contributed by atoms with Crippen molar-refractivity contribution in [3.05, 3.63) is 72.0 Å². The third-order valence-electron chi connectivity index (χ3n) is 6.69. The largest absolute Gasteiger partial charge is 0.449 e. The van der Waals surface area contributed by atoms with E-state index >= 15 is 0 Å². The van der Waals surface area contributed by atoms with Gasteiger partial charge in [0, 0.05) is 32.2 Å². The Balaban J connectivity index is 1.44. The molecule has 0 radical (unpaired) electrons. The highest BCUT2D eigenvalue weighted by Crippen LogP contribution is 2.25. The normalized spacial score (nSPS) is 21.0. The third kappa shape index (κ3) is 8.27. The van der Waals surface area contributed by atoms with Gasteiger partial charge in [-0.2, -0.15) is 13.2 Å². The lowest BCUT2D eigenvalue weighted by molar-refractivity contribution is -0.153. The summed E-state index contributed by atoms with van der Waals surface area (Å²) in [6, 6.07) is 7.08. The Labute approximate surface area is 226 Å². The maximum Gasteiger partial charge on any atom is 0.449 e. The fraction of sp³-hybridized carbons (Fsp3) is 0.464. The first-order chi connectivity index (χ1) is 18.5. The van der Waals surface area contributed by atoms with E-state index < -0.39 is 42.1 Å². The van der Waals surface area contributed by atoms with Crippen LogP contribution in [-0.2, 0) is 22.6 Å². The molecule has 39 heavy (non-hydrogen) atoms. The van der Waals surface area contributed by atoms with E-state index in [4.69, 9.17) is 0 Å². The van der Waals surface area contributed by atoms with E-state index in [0.29, 0.717) is 32.2 Å². The summed E-state index contributed by atoms with van der Waals surface area (Å²) in [7, 11) is 0. The number of fused-ring (bicyclic) bond motifs is 1. The van der Waals surface area contributed by atoms with Crippen LogP contribution in [0.3, 0.4) is 0 Å². The number of aliphatic imine (C=N–C) groups is 1. The molecule has 3 N–H and O–H groups in total. The number of benzene rings is 1. The summed E-state index contributed by atoms with van der Waals surface area (Å²) >= 11 is 0. The summed E-state index contributed by atoms with van der Waals surface area (Å²) in [6.45, 7) is 6.08. The number of hydrogen-bond donors (Lipinski definition) is 3. The van der Waals surface area contributed by atoms with Gasteiger partial charge in [0.15, 0.2) is 12.2 Å². The van der Waals surface area contributed by atoms with Crippen LogP contribution < -0.4 is 5.32 Å². The van der Waals surface area contributed by atoms with Gasteiger partial charge in [0.05, 0.1) is 5.70 Å². The van der Waals surface area contributed by atoms with Gasteiger partial charge in [-0.1, -0.05) is 49.1 Å². The first-order valence-electron chi connectivity index (χ1n) is 12.9. The summed E-state index contributed by atoms with van der Waals surface area (Å²) in [5, 5.41) is 23.0. The molecule has 0 saturated carbocycles. The minimum absolute atomic E-state index is 0.00174. The van der Waals surface area contributed by atoms with Gasteiger partial charge in [-0.15, -0.1) is 0 Å². The highest BCUT2D eigenvalue weighted by atomic mass is 19.4. The van der Waals surface area contributed by atoms with Crippen LogP contribution in [0.4, 0.5) is 13.2 Å². The van der Waals surface area contributed by atoms with Crippen molar-refractivity contribution in [2.45, 2.75) is 63.6 Å². The smallest absolute Gasteiger partial charge is 0.380 e. The number of allylic oxidation sites excluding steroid dienone is 3. The molecule has 0 aliphatic carbocycles. The second-order valence-electron chi connectivity index (χ2n) is 9.62. The lowest BCUT2D eigenvalue weighted by Gasteiger charge is -2.31. The topological polar surface area (TPSA) is 105 Å². The number of alkyl halides is 3. The van der Waals surface area contributed by atoms with Gasteiger partial charge in [0.2, 0.25) is 5.84 Å². The van der Waals surface area contributed by atoms with E-state index in [1.54, 1.807) is 25.2 Å². The molecule has 1 aromatic rings. The number of nitrogens with zero attached hydrogens (tertiary/aromatic N) is 3. The van der Waals surface area contributed by atoms with Gasteiger partial charge in [-0.05, 0) is 49.8 Å². The summed E-state index contributed by atoms with van der Waals surface area (Å²) in [4.78, 5) is 31.3. The fourth-order valence-electron chi connectivity index (χ4n) is 4.51. The molecule has 8 nitrogen and oxygen atoms in total. The zero-order valence-electron chi connectivity index (χ0n) is 21.9. The van der Waals surface area contributed by atoms with E-state index in [-0.39, 0.29) is 25.3 Å². The number of aliphatic hydroxyl groups excluding tert-OH is 2. The molecule has 2 heterocycles. The Kier molecular flexibility index (Phi) is 10.5.